The molecule has 0 amide bonds. The average Bonchev–Trinajstić information content (AvgIpc) is 2.35. The van der Waals surface area contributed by atoms with Crippen LogP contribution in [0.15, 0.2) is 24.4 Å². The molecule has 1 aromatic rings. The van der Waals surface area contributed by atoms with Crippen molar-refractivity contribution < 1.29 is 0 Å². The third-order valence-corrected chi connectivity index (χ3v) is 3.65. The zero-order valence-corrected chi connectivity index (χ0v) is 11.0. The maximum absolute atomic E-state index is 4.52. The van der Waals surface area contributed by atoms with E-state index in [9.17, 15) is 0 Å². The van der Waals surface area contributed by atoms with E-state index in [1.54, 1.807) is 0 Å². The van der Waals surface area contributed by atoms with Crippen molar-refractivity contribution in [3.05, 3.63) is 30.1 Å². The number of aromatic nitrogens is 1. The minimum atomic E-state index is 0.273. The Morgan fingerprint density at radius 1 is 1.12 bits per heavy atom. The van der Waals surface area contributed by atoms with Gasteiger partial charge >= 0.3 is 0 Å². The van der Waals surface area contributed by atoms with Crippen molar-refractivity contribution in [3.8, 4) is 0 Å². The summed E-state index contributed by atoms with van der Waals surface area (Å²) in [5.74, 6) is 0. The van der Waals surface area contributed by atoms with Gasteiger partial charge in [-0.2, -0.15) is 0 Å². The molecular formula is C15H25N. The van der Waals surface area contributed by atoms with E-state index < -0.39 is 0 Å². The van der Waals surface area contributed by atoms with Crippen molar-refractivity contribution in [3.63, 3.8) is 0 Å². The number of pyridine rings is 1. The number of nitrogens with zero attached hydrogens (tertiary/aromatic N) is 1. The molecule has 1 nitrogen and oxygen atoms in total. The molecule has 0 aliphatic heterocycles. The fourth-order valence-corrected chi connectivity index (χ4v) is 2.15. The summed E-state index contributed by atoms with van der Waals surface area (Å²) in [6.45, 7) is 6.88. The highest BCUT2D eigenvalue weighted by Crippen LogP contribution is 2.31. The molecule has 1 atom stereocenters. The van der Waals surface area contributed by atoms with E-state index in [4.69, 9.17) is 0 Å². The van der Waals surface area contributed by atoms with Gasteiger partial charge in [-0.15, -0.1) is 0 Å². The summed E-state index contributed by atoms with van der Waals surface area (Å²) in [4.78, 5) is 4.52. The molecule has 1 rings (SSSR count). The van der Waals surface area contributed by atoms with E-state index in [1.807, 2.05) is 12.3 Å². The number of hydrogen-bond acceptors (Lipinski definition) is 1. The SMILES string of the molecule is CCCCCCC(C)(CC)c1ccccn1. The number of unbranched alkanes of at least 4 members (excludes halogenated alkanes) is 3. The molecule has 1 heterocycles. The first-order valence-electron chi connectivity index (χ1n) is 6.64. The Labute approximate surface area is 100 Å². The Hall–Kier alpha value is -0.850. The fourth-order valence-electron chi connectivity index (χ4n) is 2.15. The Balaban J connectivity index is 2.56. The quantitative estimate of drug-likeness (QED) is 0.605. The Morgan fingerprint density at radius 2 is 1.94 bits per heavy atom. The normalized spacial score (nSPS) is 14.7. The number of hydrogen-bond donors (Lipinski definition) is 0. The zero-order chi connectivity index (χ0) is 11.9. The summed E-state index contributed by atoms with van der Waals surface area (Å²) in [6, 6.07) is 6.27. The summed E-state index contributed by atoms with van der Waals surface area (Å²) in [6.07, 6.45) is 9.72. The van der Waals surface area contributed by atoms with Crippen molar-refractivity contribution in [2.45, 2.75) is 64.7 Å². The third kappa shape index (κ3) is 3.62. The lowest BCUT2D eigenvalue weighted by Gasteiger charge is -2.27. The van der Waals surface area contributed by atoms with Crippen molar-refractivity contribution in [1.82, 2.24) is 4.98 Å². The summed E-state index contributed by atoms with van der Waals surface area (Å²) < 4.78 is 0. The lowest BCUT2D eigenvalue weighted by atomic mass is 9.79. The van der Waals surface area contributed by atoms with Crippen LogP contribution < -0.4 is 0 Å². The van der Waals surface area contributed by atoms with Crippen LogP contribution in [0, 0.1) is 0 Å². The molecule has 0 bridgehead atoms. The maximum Gasteiger partial charge on any atom is 0.0462 e. The molecule has 0 spiro atoms. The highest BCUT2D eigenvalue weighted by Gasteiger charge is 2.24. The summed E-state index contributed by atoms with van der Waals surface area (Å²) in [5, 5.41) is 0. The second kappa shape index (κ2) is 6.67. The molecule has 0 aliphatic carbocycles. The van der Waals surface area contributed by atoms with Gasteiger partial charge < -0.3 is 0 Å². The fraction of sp³-hybridized carbons (Fsp3) is 0.667. The molecular weight excluding hydrogens is 194 g/mol. The number of rotatable bonds is 7. The molecule has 0 fully saturated rings. The lowest BCUT2D eigenvalue weighted by molar-refractivity contribution is 0.386. The first-order valence-corrected chi connectivity index (χ1v) is 6.64. The average molecular weight is 219 g/mol. The van der Waals surface area contributed by atoms with Gasteiger partial charge in [0.05, 0.1) is 0 Å². The molecule has 1 aromatic heterocycles. The summed E-state index contributed by atoms with van der Waals surface area (Å²) in [5.41, 5.74) is 1.53. The van der Waals surface area contributed by atoms with E-state index in [0.29, 0.717) is 0 Å². The van der Waals surface area contributed by atoms with E-state index in [0.717, 1.165) is 0 Å². The van der Waals surface area contributed by atoms with E-state index >= 15 is 0 Å². The van der Waals surface area contributed by atoms with Gasteiger partial charge in [-0.05, 0) is 25.0 Å². The molecule has 0 radical (unpaired) electrons. The summed E-state index contributed by atoms with van der Waals surface area (Å²) >= 11 is 0. The monoisotopic (exact) mass is 219 g/mol. The van der Waals surface area contributed by atoms with Crippen molar-refractivity contribution in [2.24, 2.45) is 0 Å². The topological polar surface area (TPSA) is 12.9 Å². The van der Waals surface area contributed by atoms with Crippen LogP contribution in [-0.4, -0.2) is 4.98 Å². The molecule has 0 aliphatic rings. The predicted octanol–water partition coefficient (Wildman–Crippen LogP) is 4.72. The standard InChI is InChI=1S/C15H25N/c1-4-6-7-9-12-15(3,5-2)14-11-8-10-13-16-14/h8,10-11,13H,4-7,9,12H2,1-3H3. The molecule has 1 heteroatoms. The van der Waals surface area contributed by atoms with Crippen molar-refractivity contribution >= 4 is 0 Å². The molecule has 90 valence electrons. The van der Waals surface area contributed by atoms with E-state index in [1.165, 1.54) is 44.2 Å². The Morgan fingerprint density at radius 3 is 2.50 bits per heavy atom. The van der Waals surface area contributed by atoms with Gasteiger partial charge in [-0.25, -0.2) is 0 Å². The zero-order valence-electron chi connectivity index (χ0n) is 11.0. The lowest BCUT2D eigenvalue weighted by Crippen LogP contribution is -2.22. The van der Waals surface area contributed by atoms with Gasteiger partial charge in [0.15, 0.2) is 0 Å². The maximum atomic E-state index is 4.52. The van der Waals surface area contributed by atoms with Crippen LogP contribution in [0.25, 0.3) is 0 Å². The van der Waals surface area contributed by atoms with Gasteiger partial charge in [0.25, 0.3) is 0 Å². The van der Waals surface area contributed by atoms with Gasteiger partial charge in [-0.1, -0.05) is 52.5 Å². The van der Waals surface area contributed by atoms with Gasteiger partial charge in [0.2, 0.25) is 0 Å². The Kier molecular flexibility index (Phi) is 5.51. The van der Waals surface area contributed by atoms with Crippen molar-refractivity contribution in [1.29, 1.82) is 0 Å². The van der Waals surface area contributed by atoms with Crippen LogP contribution in [0.4, 0.5) is 0 Å². The van der Waals surface area contributed by atoms with Crippen molar-refractivity contribution in [2.75, 3.05) is 0 Å². The van der Waals surface area contributed by atoms with Crippen LogP contribution in [0.1, 0.15) is 65.0 Å². The second-order valence-corrected chi connectivity index (χ2v) is 4.94. The predicted molar refractivity (Wildman–Crippen MR) is 70.6 cm³/mol. The minimum Gasteiger partial charge on any atom is -0.261 e. The molecule has 0 saturated carbocycles. The van der Waals surface area contributed by atoms with Crippen LogP contribution in [0.2, 0.25) is 0 Å². The second-order valence-electron chi connectivity index (χ2n) is 4.94. The van der Waals surface area contributed by atoms with E-state index in [-0.39, 0.29) is 5.41 Å². The van der Waals surface area contributed by atoms with Crippen LogP contribution in [-0.2, 0) is 5.41 Å². The third-order valence-electron chi connectivity index (χ3n) is 3.65. The molecule has 1 unspecified atom stereocenters. The van der Waals surface area contributed by atoms with Gasteiger partial charge in [0, 0.05) is 17.3 Å². The largest absolute Gasteiger partial charge is 0.261 e. The van der Waals surface area contributed by atoms with E-state index in [2.05, 4.69) is 37.9 Å². The first-order chi connectivity index (χ1) is 7.73. The molecule has 0 saturated heterocycles. The summed E-state index contributed by atoms with van der Waals surface area (Å²) in [7, 11) is 0. The van der Waals surface area contributed by atoms with Gasteiger partial charge in [-0.3, -0.25) is 4.98 Å². The minimum absolute atomic E-state index is 0.273. The highest BCUT2D eigenvalue weighted by atomic mass is 14.7. The van der Waals surface area contributed by atoms with Crippen LogP contribution in [0.3, 0.4) is 0 Å². The first kappa shape index (κ1) is 13.2. The highest BCUT2D eigenvalue weighted by molar-refractivity contribution is 5.15. The molecule has 0 N–H and O–H groups in total. The van der Waals surface area contributed by atoms with Crippen LogP contribution in [0.5, 0.6) is 0 Å². The Bertz CT molecular complexity index is 281. The smallest absolute Gasteiger partial charge is 0.0462 e. The van der Waals surface area contributed by atoms with Crippen LogP contribution >= 0.6 is 0 Å². The molecule has 16 heavy (non-hydrogen) atoms. The molecule has 0 aromatic carbocycles. The van der Waals surface area contributed by atoms with Gasteiger partial charge in [0.1, 0.15) is 0 Å².